The van der Waals surface area contributed by atoms with Gasteiger partial charge in [0.1, 0.15) is 0 Å². The third-order valence-electron chi connectivity index (χ3n) is 4.98. The lowest BCUT2D eigenvalue weighted by atomic mass is 10.1. The molecule has 0 aliphatic carbocycles. The van der Waals surface area contributed by atoms with Crippen molar-refractivity contribution in [2.45, 2.75) is 32.0 Å². The van der Waals surface area contributed by atoms with Crippen molar-refractivity contribution in [2.24, 2.45) is 0 Å². The SMILES string of the molecule is COc1ccc(CN(Cc2ccc3c(c2)OCO3)CC2CCCO2)cc1O. The van der Waals surface area contributed by atoms with Crippen molar-refractivity contribution < 1.29 is 24.1 Å². The molecule has 2 aliphatic rings. The second-order valence-electron chi connectivity index (χ2n) is 7.00. The Hall–Kier alpha value is -2.44. The molecule has 1 N–H and O–H groups in total. The third kappa shape index (κ3) is 4.28. The van der Waals surface area contributed by atoms with Crippen LogP contribution in [0.3, 0.4) is 0 Å². The summed E-state index contributed by atoms with van der Waals surface area (Å²) in [7, 11) is 1.55. The van der Waals surface area contributed by atoms with Crippen LogP contribution in [0.1, 0.15) is 24.0 Å². The van der Waals surface area contributed by atoms with Crippen molar-refractivity contribution in [1.82, 2.24) is 4.90 Å². The minimum Gasteiger partial charge on any atom is -0.504 e. The molecule has 27 heavy (non-hydrogen) atoms. The lowest BCUT2D eigenvalue weighted by molar-refractivity contribution is 0.0678. The maximum absolute atomic E-state index is 10.1. The van der Waals surface area contributed by atoms with Gasteiger partial charge in [-0.2, -0.15) is 0 Å². The molecular weight excluding hydrogens is 346 g/mol. The number of phenols is 1. The first-order chi connectivity index (χ1) is 13.2. The first-order valence-electron chi connectivity index (χ1n) is 9.29. The van der Waals surface area contributed by atoms with E-state index in [0.29, 0.717) is 12.3 Å². The standard InChI is InChI=1S/C21H25NO5/c1-24-19-6-4-15(9-18(19)23)11-22(13-17-3-2-8-25-17)12-16-5-7-20-21(10-16)27-14-26-20/h4-7,9-10,17,23H,2-3,8,11-14H2,1H3. The molecule has 2 aromatic carbocycles. The van der Waals surface area contributed by atoms with Crippen LogP contribution in [0.25, 0.3) is 0 Å². The third-order valence-corrected chi connectivity index (χ3v) is 4.98. The van der Waals surface area contributed by atoms with Crippen LogP contribution in [0, 0.1) is 0 Å². The molecule has 144 valence electrons. The van der Waals surface area contributed by atoms with Crippen molar-refractivity contribution >= 4 is 0 Å². The van der Waals surface area contributed by atoms with E-state index in [1.807, 2.05) is 18.2 Å². The number of hydrogen-bond donors (Lipinski definition) is 1. The van der Waals surface area contributed by atoms with Crippen LogP contribution in [0.5, 0.6) is 23.0 Å². The van der Waals surface area contributed by atoms with Gasteiger partial charge in [0.15, 0.2) is 23.0 Å². The van der Waals surface area contributed by atoms with E-state index in [9.17, 15) is 5.11 Å². The number of hydrogen-bond acceptors (Lipinski definition) is 6. The van der Waals surface area contributed by atoms with Crippen LogP contribution in [-0.4, -0.2) is 43.2 Å². The molecule has 2 aromatic rings. The van der Waals surface area contributed by atoms with Crippen LogP contribution >= 0.6 is 0 Å². The number of nitrogens with zero attached hydrogens (tertiary/aromatic N) is 1. The first-order valence-corrected chi connectivity index (χ1v) is 9.29. The molecule has 1 saturated heterocycles. The zero-order valence-corrected chi connectivity index (χ0v) is 15.5. The smallest absolute Gasteiger partial charge is 0.231 e. The molecule has 0 amide bonds. The number of phenolic OH excluding ortho intramolecular Hbond substituents is 1. The minimum atomic E-state index is 0.162. The maximum atomic E-state index is 10.1. The first kappa shape index (κ1) is 17.9. The Morgan fingerprint density at radius 1 is 1.07 bits per heavy atom. The fourth-order valence-electron chi connectivity index (χ4n) is 3.65. The molecule has 1 fully saturated rings. The Morgan fingerprint density at radius 3 is 2.59 bits per heavy atom. The number of fused-ring (bicyclic) bond motifs is 1. The number of ether oxygens (including phenoxy) is 4. The van der Waals surface area contributed by atoms with E-state index in [1.54, 1.807) is 19.2 Å². The summed E-state index contributed by atoms with van der Waals surface area (Å²) < 4.78 is 21.9. The van der Waals surface area contributed by atoms with Gasteiger partial charge in [0.25, 0.3) is 0 Å². The topological polar surface area (TPSA) is 60.4 Å². The predicted octanol–water partition coefficient (Wildman–Crippen LogP) is 3.31. The summed E-state index contributed by atoms with van der Waals surface area (Å²) in [4.78, 5) is 2.34. The van der Waals surface area contributed by atoms with Gasteiger partial charge in [-0.1, -0.05) is 12.1 Å². The molecule has 0 aromatic heterocycles. The molecule has 0 radical (unpaired) electrons. The van der Waals surface area contributed by atoms with E-state index >= 15 is 0 Å². The van der Waals surface area contributed by atoms with Crippen molar-refractivity contribution in [3.8, 4) is 23.0 Å². The van der Waals surface area contributed by atoms with Gasteiger partial charge in [-0.15, -0.1) is 0 Å². The zero-order valence-electron chi connectivity index (χ0n) is 15.5. The highest BCUT2D eigenvalue weighted by atomic mass is 16.7. The van der Waals surface area contributed by atoms with E-state index in [-0.39, 0.29) is 18.6 Å². The highest BCUT2D eigenvalue weighted by molar-refractivity contribution is 5.44. The Bertz CT molecular complexity index is 788. The van der Waals surface area contributed by atoms with Crippen molar-refractivity contribution in [3.05, 3.63) is 47.5 Å². The highest BCUT2D eigenvalue weighted by Crippen LogP contribution is 2.33. The van der Waals surface area contributed by atoms with Gasteiger partial charge in [-0.25, -0.2) is 0 Å². The summed E-state index contributed by atoms with van der Waals surface area (Å²) in [6.45, 7) is 3.45. The monoisotopic (exact) mass is 371 g/mol. The molecule has 6 heteroatoms. The molecule has 0 saturated carbocycles. The van der Waals surface area contributed by atoms with Gasteiger partial charge in [-0.3, -0.25) is 4.90 Å². The quantitative estimate of drug-likeness (QED) is 0.806. The normalized spacial score (nSPS) is 18.2. The summed E-state index contributed by atoms with van der Waals surface area (Å²) in [5.74, 6) is 2.24. The predicted molar refractivity (Wildman–Crippen MR) is 100 cm³/mol. The van der Waals surface area contributed by atoms with E-state index in [0.717, 1.165) is 55.2 Å². The second-order valence-corrected chi connectivity index (χ2v) is 7.00. The molecule has 2 heterocycles. The fraction of sp³-hybridized carbons (Fsp3) is 0.429. The molecule has 2 aliphatic heterocycles. The van der Waals surface area contributed by atoms with Crippen molar-refractivity contribution in [3.63, 3.8) is 0 Å². The molecule has 1 atom stereocenters. The van der Waals surface area contributed by atoms with E-state index in [1.165, 1.54) is 0 Å². The number of rotatable bonds is 7. The summed E-state index contributed by atoms with van der Waals surface area (Å²) in [6.07, 6.45) is 2.46. The molecule has 6 nitrogen and oxygen atoms in total. The van der Waals surface area contributed by atoms with E-state index in [2.05, 4.69) is 11.0 Å². The molecule has 0 spiro atoms. The van der Waals surface area contributed by atoms with Gasteiger partial charge in [-0.05, 0) is 48.2 Å². The Kier molecular flexibility index (Phi) is 5.36. The van der Waals surface area contributed by atoms with Gasteiger partial charge >= 0.3 is 0 Å². The van der Waals surface area contributed by atoms with Crippen molar-refractivity contribution in [1.29, 1.82) is 0 Å². The van der Waals surface area contributed by atoms with Crippen LogP contribution in [-0.2, 0) is 17.8 Å². The van der Waals surface area contributed by atoms with Gasteiger partial charge in [0.2, 0.25) is 6.79 Å². The molecular formula is C21H25NO5. The lowest BCUT2D eigenvalue weighted by Gasteiger charge is -2.25. The number of aromatic hydroxyl groups is 1. The summed E-state index contributed by atoms with van der Waals surface area (Å²) >= 11 is 0. The average molecular weight is 371 g/mol. The van der Waals surface area contributed by atoms with Gasteiger partial charge in [0.05, 0.1) is 13.2 Å². The Morgan fingerprint density at radius 2 is 1.85 bits per heavy atom. The Labute approximate surface area is 159 Å². The molecule has 1 unspecified atom stereocenters. The Balaban J connectivity index is 1.50. The summed E-state index contributed by atoms with van der Waals surface area (Å²) in [6, 6.07) is 11.6. The highest BCUT2D eigenvalue weighted by Gasteiger charge is 2.21. The lowest BCUT2D eigenvalue weighted by Crippen LogP contribution is -2.31. The molecule has 4 rings (SSSR count). The number of benzene rings is 2. The van der Waals surface area contributed by atoms with Crippen LogP contribution in [0.15, 0.2) is 36.4 Å². The van der Waals surface area contributed by atoms with Gasteiger partial charge < -0.3 is 24.1 Å². The van der Waals surface area contributed by atoms with Crippen molar-refractivity contribution in [2.75, 3.05) is 27.1 Å². The van der Waals surface area contributed by atoms with Crippen LogP contribution in [0.2, 0.25) is 0 Å². The number of methoxy groups -OCH3 is 1. The van der Waals surface area contributed by atoms with E-state index < -0.39 is 0 Å². The maximum Gasteiger partial charge on any atom is 0.231 e. The largest absolute Gasteiger partial charge is 0.504 e. The minimum absolute atomic E-state index is 0.162. The van der Waals surface area contributed by atoms with Gasteiger partial charge in [0, 0.05) is 26.2 Å². The van der Waals surface area contributed by atoms with Crippen LogP contribution in [0.4, 0.5) is 0 Å². The fourth-order valence-corrected chi connectivity index (χ4v) is 3.65. The second kappa shape index (κ2) is 8.06. The zero-order chi connectivity index (χ0) is 18.6. The summed E-state index contributed by atoms with van der Waals surface area (Å²) in [5.41, 5.74) is 2.20. The molecule has 0 bridgehead atoms. The van der Waals surface area contributed by atoms with Crippen LogP contribution < -0.4 is 14.2 Å². The summed E-state index contributed by atoms with van der Waals surface area (Å²) in [5, 5.41) is 10.1. The average Bonchev–Trinajstić information content (AvgIpc) is 3.33. The van der Waals surface area contributed by atoms with E-state index in [4.69, 9.17) is 18.9 Å².